The van der Waals surface area contributed by atoms with Crippen LogP contribution >= 0.6 is 23.2 Å². The van der Waals surface area contributed by atoms with E-state index in [1.54, 1.807) is 0 Å². The van der Waals surface area contributed by atoms with Crippen LogP contribution in [-0.4, -0.2) is 30.0 Å². The van der Waals surface area contributed by atoms with Crippen LogP contribution in [0.3, 0.4) is 0 Å². The summed E-state index contributed by atoms with van der Waals surface area (Å²) < 4.78 is 9.93. The van der Waals surface area contributed by atoms with Crippen LogP contribution in [0, 0.1) is 10.1 Å². The van der Waals surface area contributed by atoms with Crippen LogP contribution in [0.1, 0.15) is 17.3 Å². The summed E-state index contributed by atoms with van der Waals surface area (Å²) >= 11 is 11.7. The Kier molecular flexibility index (Phi) is 6.59. The number of carbonyl (C=O) groups is 2. The molecule has 0 aromatic heterocycles. The van der Waals surface area contributed by atoms with Gasteiger partial charge < -0.3 is 14.8 Å². The van der Waals surface area contributed by atoms with Crippen LogP contribution < -0.4 is 10.1 Å². The number of ether oxygens (including phenoxy) is 2. The van der Waals surface area contributed by atoms with E-state index in [0.717, 1.165) is 13.2 Å². The molecule has 142 valence electrons. The molecule has 1 amide bonds. The predicted octanol–water partition coefficient (Wildman–Crippen LogP) is 4.09. The molecule has 0 radical (unpaired) electrons. The Morgan fingerprint density at radius 3 is 2.33 bits per heavy atom. The number of nitro benzene ring substituents is 1. The fourth-order valence-corrected chi connectivity index (χ4v) is 2.64. The van der Waals surface area contributed by atoms with Crippen molar-refractivity contribution in [1.82, 2.24) is 0 Å². The molecule has 0 saturated heterocycles. The number of halogens is 2. The number of rotatable bonds is 6. The zero-order valence-electron chi connectivity index (χ0n) is 14.2. The number of hydrogen-bond donors (Lipinski definition) is 1. The van der Waals surface area contributed by atoms with Crippen molar-refractivity contribution < 1.29 is 24.0 Å². The monoisotopic (exact) mass is 412 g/mol. The highest BCUT2D eigenvalue weighted by Crippen LogP contribution is 2.29. The zero-order valence-corrected chi connectivity index (χ0v) is 15.7. The third-order valence-corrected chi connectivity index (χ3v) is 3.82. The van der Waals surface area contributed by atoms with Gasteiger partial charge in [0.2, 0.25) is 0 Å². The lowest BCUT2D eigenvalue weighted by atomic mass is 10.2. The maximum Gasteiger partial charge on any atom is 0.338 e. The summed E-state index contributed by atoms with van der Waals surface area (Å²) in [6, 6.07) is 8.03. The van der Waals surface area contributed by atoms with Crippen LogP contribution in [0.25, 0.3) is 0 Å². The molecule has 10 heteroatoms. The Morgan fingerprint density at radius 2 is 1.78 bits per heavy atom. The van der Waals surface area contributed by atoms with Gasteiger partial charge in [-0.2, -0.15) is 0 Å². The molecule has 0 aliphatic heterocycles. The Morgan fingerprint density at radius 1 is 1.15 bits per heavy atom. The lowest BCUT2D eigenvalue weighted by molar-refractivity contribution is -0.386. The molecule has 0 fully saturated rings. The fourth-order valence-electron chi connectivity index (χ4n) is 2.12. The topological polar surface area (TPSA) is 108 Å². The smallest absolute Gasteiger partial charge is 0.338 e. The maximum atomic E-state index is 12.3. The van der Waals surface area contributed by atoms with E-state index in [1.807, 2.05) is 0 Å². The van der Waals surface area contributed by atoms with E-state index >= 15 is 0 Å². The quantitative estimate of drug-likeness (QED) is 0.434. The van der Waals surface area contributed by atoms with Crippen LogP contribution in [0.2, 0.25) is 10.0 Å². The number of benzene rings is 2. The molecule has 0 heterocycles. The van der Waals surface area contributed by atoms with Crippen molar-refractivity contribution in [2.75, 3.05) is 12.4 Å². The van der Waals surface area contributed by atoms with Crippen molar-refractivity contribution in [3.8, 4) is 5.75 Å². The molecule has 0 spiro atoms. The second kappa shape index (κ2) is 8.70. The third kappa shape index (κ3) is 5.32. The maximum absolute atomic E-state index is 12.3. The number of anilines is 1. The summed E-state index contributed by atoms with van der Waals surface area (Å²) in [5, 5.41) is 14.5. The van der Waals surface area contributed by atoms with Gasteiger partial charge in [-0.05, 0) is 37.3 Å². The van der Waals surface area contributed by atoms with Gasteiger partial charge in [0, 0.05) is 21.8 Å². The van der Waals surface area contributed by atoms with Crippen LogP contribution in [-0.2, 0) is 9.53 Å². The van der Waals surface area contributed by atoms with E-state index in [0.29, 0.717) is 15.7 Å². The minimum atomic E-state index is -1.08. The van der Waals surface area contributed by atoms with Crippen molar-refractivity contribution in [3.05, 3.63) is 62.1 Å². The highest BCUT2D eigenvalue weighted by molar-refractivity contribution is 6.35. The van der Waals surface area contributed by atoms with Gasteiger partial charge in [-0.25, -0.2) is 4.79 Å². The number of carbonyl (C=O) groups excluding carboxylic acids is 2. The molecule has 0 saturated carbocycles. The van der Waals surface area contributed by atoms with Gasteiger partial charge in [0.05, 0.1) is 17.6 Å². The Balaban J connectivity index is 2.18. The first-order chi connectivity index (χ1) is 12.7. The van der Waals surface area contributed by atoms with Crippen molar-refractivity contribution >= 4 is 46.5 Å². The number of esters is 1. The molecule has 0 aliphatic carbocycles. The molecule has 27 heavy (non-hydrogen) atoms. The summed E-state index contributed by atoms with van der Waals surface area (Å²) in [6.45, 7) is 1.42. The second-order valence-corrected chi connectivity index (χ2v) is 6.21. The zero-order chi connectivity index (χ0) is 20.1. The highest BCUT2D eigenvalue weighted by Gasteiger charge is 2.23. The first-order valence-electron chi connectivity index (χ1n) is 7.51. The Hall–Kier alpha value is -2.84. The SMILES string of the molecule is COC(=O)c1ccc(O[C@H](C)C(=O)Nc2cc(Cl)cc(Cl)c2)c([N+](=O)[O-])c1. The van der Waals surface area contributed by atoms with Crippen LogP contribution in [0.15, 0.2) is 36.4 Å². The van der Waals surface area contributed by atoms with E-state index in [4.69, 9.17) is 27.9 Å². The number of hydrogen-bond acceptors (Lipinski definition) is 6. The van der Waals surface area contributed by atoms with Gasteiger partial charge in [-0.3, -0.25) is 14.9 Å². The van der Waals surface area contributed by atoms with E-state index in [2.05, 4.69) is 10.1 Å². The van der Waals surface area contributed by atoms with Crippen molar-refractivity contribution in [3.63, 3.8) is 0 Å². The number of amides is 1. The Labute approximate surface area is 164 Å². The third-order valence-electron chi connectivity index (χ3n) is 3.38. The van der Waals surface area contributed by atoms with Crippen LogP contribution in [0.4, 0.5) is 11.4 Å². The Bertz CT molecular complexity index is 883. The van der Waals surface area contributed by atoms with E-state index in [9.17, 15) is 19.7 Å². The van der Waals surface area contributed by atoms with Crippen LogP contribution in [0.5, 0.6) is 5.75 Å². The number of nitro groups is 1. The molecule has 1 atom stereocenters. The summed E-state index contributed by atoms with van der Waals surface area (Å²) in [5.41, 5.74) is -0.130. The van der Waals surface area contributed by atoms with E-state index in [1.165, 1.54) is 37.3 Å². The van der Waals surface area contributed by atoms with Gasteiger partial charge in [-0.15, -0.1) is 0 Å². The lowest BCUT2D eigenvalue weighted by Crippen LogP contribution is -2.30. The number of nitrogens with one attached hydrogen (secondary N) is 1. The molecular weight excluding hydrogens is 399 g/mol. The normalized spacial score (nSPS) is 11.4. The lowest BCUT2D eigenvalue weighted by Gasteiger charge is -2.15. The second-order valence-electron chi connectivity index (χ2n) is 5.34. The number of methoxy groups -OCH3 is 1. The fraction of sp³-hybridized carbons (Fsp3) is 0.176. The average Bonchev–Trinajstić information content (AvgIpc) is 2.60. The minimum absolute atomic E-state index is 0.0118. The van der Waals surface area contributed by atoms with Gasteiger partial charge in [0.15, 0.2) is 11.9 Å². The highest BCUT2D eigenvalue weighted by atomic mass is 35.5. The van der Waals surface area contributed by atoms with Gasteiger partial charge in [0.25, 0.3) is 5.91 Å². The standard InChI is InChI=1S/C17H14Cl2N2O6/c1-9(16(22)20-13-7-11(18)6-12(19)8-13)27-15-4-3-10(17(23)26-2)5-14(15)21(24)25/h3-9H,1-2H3,(H,20,22)/t9-/m1/s1. The molecule has 0 aliphatic rings. The molecule has 2 aromatic rings. The first-order valence-corrected chi connectivity index (χ1v) is 8.27. The molecule has 2 aromatic carbocycles. The van der Waals surface area contributed by atoms with E-state index < -0.39 is 28.6 Å². The number of nitrogens with zero attached hydrogens (tertiary/aromatic N) is 1. The predicted molar refractivity (Wildman–Crippen MR) is 99.6 cm³/mol. The molecule has 0 unspecified atom stereocenters. The summed E-state index contributed by atoms with van der Waals surface area (Å²) in [5.74, 6) is -1.47. The van der Waals surface area contributed by atoms with Crippen molar-refractivity contribution in [2.24, 2.45) is 0 Å². The first kappa shape index (κ1) is 20.5. The minimum Gasteiger partial charge on any atom is -0.474 e. The molecule has 2 rings (SSSR count). The summed E-state index contributed by atoms with van der Waals surface area (Å²) in [4.78, 5) is 34.3. The van der Waals surface area contributed by atoms with Gasteiger partial charge >= 0.3 is 11.7 Å². The van der Waals surface area contributed by atoms with Gasteiger partial charge in [-0.1, -0.05) is 23.2 Å². The largest absolute Gasteiger partial charge is 0.474 e. The molecule has 1 N–H and O–H groups in total. The van der Waals surface area contributed by atoms with Gasteiger partial charge in [0.1, 0.15) is 0 Å². The molecule has 0 bridgehead atoms. The summed E-state index contributed by atoms with van der Waals surface area (Å²) in [7, 11) is 1.16. The van der Waals surface area contributed by atoms with E-state index in [-0.39, 0.29) is 11.3 Å². The molecular formula is C17H14Cl2N2O6. The van der Waals surface area contributed by atoms with Crippen molar-refractivity contribution in [1.29, 1.82) is 0 Å². The van der Waals surface area contributed by atoms with Crippen molar-refractivity contribution in [2.45, 2.75) is 13.0 Å². The average molecular weight is 413 g/mol. The molecule has 8 nitrogen and oxygen atoms in total. The summed E-state index contributed by atoms with van der Waals surface area (Å²) in [6.07, 6.45) is -1.08.